The molecule has 3 nitrogen and oxygen atoms in total. The molecule has 0 fully saturated rings. The zero-order valence-electron chi connectivity index (χ0n) is 8.99. The minimum atomic E-state index is -0.501. The fraction of sp³-hybridized carbons (Fsp3) is 0.154. The molecule has 0 saturated heterocycles. The van der Waals surface area contributed by atoms with E-state index in [2.05, 4.69) is 6.58 Å². The van der Waals surface area contributed by atoms with Gasteiger partial charge in [-0.15, -0.1) is 6.58 Å². The first-order valence-corrected chi connectivity index (χ1v) is 5.00. The topological polar surface area (TPSA) is 50.4 Å². The lowest BCUT2D eigenvalue weighted by molar-refractivity contribution is 0.459. The molecule has 16 heavy (non-hydrogen) atoms. The molecular formula is C13H12O3. The summed E-state index contributed by atoms with van der Waals surface area (Å²) < 4.78 is 5.19. The number of aromatic hydroxyl groups is 1. The summed E-state index contributed by atoms with van der Waals surface area (Å²) in [7, 11) is 0. The van der Waals surface area contributed by atoms with Crippen LogP contribution in [0.1, 0.15) is 11.1 Å². The van der Waals surface area contributed by atoms with Gasteiger partial charge in [-0.25, -0.2) is 4.79 Å². The molecule has 0 saturated carbocycles. The van der Waals surface area contributed by atoms with Crippen LogP contribution in [-0.4, -0.2) is 5.11 Å². The molecule has 0 aliphatic heterocycles. The second-order valence-corrected chi connectivity index (χ2v) is 3.66. The van der Waals surface area contributed by atoms with Crippen molar-refractivity contribution in [3.8, 4) is 5.75 Å². The maximum atomic E-state index is 11.6. The molecule has 82 valence electrons. The first-order chi connectivity index (χ1) is 7.65. The molecule has 0 unspecified atom stereocenters. The minimum Gasteiger partial charge on any atom is -0.507 e. The van der Waals surface area contributed by atoms with Crippen LogP contribution >= 0.6 is 0 Å². The van der Waals surface area contributed by atoms with Crippen molar-refractivity contribution in [3.05, 3.63) is 52.4 Å². The van der Waals surface area contributed by atoms with E-state index in [1.807, 2.05) is 19.1 Å². The first kappa shape index (κ1) is 10.5. The summed E-state index contributed by atoms with van der Waals surface area (Å²) in [6.07, 6.45) is 1.87. The highest BCUT2D eigenvalue weighted by atomic mass is 16.4. The molecule has 0 atom stereocenters. The molecule has 2 aromatic rings. The first-order valence-electron chi connectivity index (χ1n) is 5.00. The second-order valence-electron chi connectivity index (χ2n) is 3.66. The molecular weight excluding hydrogens is 204 g/mol. The lowest BCUT2D eigenvalue weighted by Crippen LogP contribution is -2.07. The summed E-state index contributed by atoms with van der Waals surface area (Å²) in [6.45, 7) is 5.38. The van der Waals surface area contributed by atoms with Gasteiger partial charge in [-0.2, -0.15) is 0 Å². The third kappa shape index (κ3) is 1.50. The van der Waals surface area contributed by atoms with Gasteiger partial charge in [-0.05, 0) is 18.6 Å². The van der Waals surface area contributed by atoms with E-state index >= 15 is 0 Å². The highest BCUT2D eigenvalue weighted by Gasteiger charge is 2.13. The van der Waals surface area contributed by atoms with Gasteiger partial charge in [0.1, 0.15) is 11.3 Å². The number of benzene rings is 1. The Morgan fingerprint density at radius 1 is 1.50 bits per heavy atom. The van der Waals surface area contributed by atoms with Crippen molar-refractivity contribution in [3.63, 3.8) is 0 Å². The summed E-state index contributed by atoms with van der Waals surface area (Å²) >= 11 is 0. The van der Waals surface area contributed by atoms with Gasteiger partial charge in [0.2, 0.25) is 0 Å². The van der Waals surface area contributed by atoms with Crippen molar-refractivity contribution in [2.75, 3.05) is 0 Å². The highest BCUT2D eigenvalue weighted by Crippen LogP contribution is 2.28. The molecule has 1 heterocycles. The number of rotatable bonds is 2. The Kier molecular flexibility index (Phi) is 2.52. The van der Waals surface area contributed by atoms with E-state index in [1.165, 1.54) is 0 Å². The van der Waals surface area contributed by atoms with Gasteiger partial charge in [0.05, 0.1) is 10.9 Å². The molecule has 0 amide bonds. The maximum absolute atomic E-state index is 11.6. The van der Waals surface area contributed by atoms with Crippen LogP contribution in [0.5, 0.6) is 5.75 Å². The molecule has 1 aromatic carbocycles. The Hall–Kier alpha value is -2.03. The van der Waals surface area contributed by atoms with Crippen LogP contribution in [0.3, 0.4) is 0 Å². The SMILES string of the molecule is C=CCc1c(O)c2cccc(C)c2oc1=O. The van der Waals surface area contributed by atoms with Gasteiger partial charge in [0.25, 0.3) is 0 Å². The smallest absolute Gasteiger partial charge is 0.343 e. The predicted octanol–water partition coefficient (Wildman–Crippen LogP) is 2.54. The number of aryl methyl sites for hydroxylation is 1. The predicted molar refractivity (Wildman–Crippen MR) is 62.8 cm³/mol. The molecule has 0 aliphatic rings. The average molecular weight is 216 g/mol. The van der Waals surface area contributed by atoms with Crippen molar-refractivity contribution in [2.24, 2.45) is 0 Å². The van der Waals surface area contributed by atoms with Gasteiger partial charge in [0.15, 0.2) is 0 Å². The van der Waals surface area contributed by atoms with Crippen LogP contribution in [0.2, 0.25) is 0 Å². The van der Waals surface area contributed by atoms with E-state index in [1.54, 1.807) is 12.1 Å². The third-order valence-corrected chi connectivity index (χ3v) is 2.54. The van der Waals surface area contributed by atoms with Crippen molar-refractivity contribution in [2.45, 2.75) is 13.3 Å². The second kappa shape index (κ2) is 3.85. The lowest BCUT2D eigenvalue weighted by Gasteiger charge is -2.05. The molecule has 2 rings (SSSR count). The summed E-state index contributed by atoms with van der Waals surface area (Å²) in [5, 5.41) is 10.5. The molecule has 1 aromatic heterocycles. The van der Waals surface area contributed by atoms with Gasteiger partial charge in [0, 0.05) is 6.42 Å². The number of hydrogen-bond acceptors (Lipinski definition) is 3. The van der Waals surface area contributed by atoms with Crippen LogP contribution in [0.25, 0.3) is 11.0 Å². The minimum absolute atomic E-state index is 0.00477. The molecule has 0 spiro atoms. The van der Waals surface area contributed by atoms with E-state index in [0.29, 0.717) is 17.4 Å². The Morgan fingerprint density at radius 2 is 2.25 bits per heavy atom. The number of allylic oxidation sites excluding steroid dienone is 1. The van der Waals surface area contributed by atoms with Crippen LogP contribution < -0.4 is 5.63 Å². The highest BCUT2D eigenvalue weighted by molar-refractivity contribution is 5.86. The van der Waals surface area contributed by atoms with Crippen LogP contribution in [-0.2, 0) is 6.42 Å². The third-order valence-electron chi connectivity index (χ3n) is 2.54. The van der Waals surface area contributed by atoms with Crippen LogP contribution in [0.15, 0.2) is 40.1 Å². The number of para-hydroxylation sites is 1. The summed E-state index contributed by atoms with van der Waals surface area (Å²) in [5.74, 6) is -0.00477. The van der Waals surface area contributed by atoms with Gasteiger partial charge in [-0.3, -0.25) is 0 Å². The van der Waals surface area contributed by atoms with E-state index < -0.39 is 5.63 Å². The van der Waals surface area contributed by atoms with E-state index in [-0.39, 0.29) is 11.3 Å². The van der Waals surface area contributed by atoms with Gasteiger partial charge < -0.3 is 9.52 Å². The van der Waals surface area contributed by atoms with E-state index in [0.717, 1.165) is 5.56 Å². The van der Waals surface area contributed by atoms with Crippen molar-refractivity contribution in [1.29, 1.82) is 0 Å². The quantitative estimate of drug-likeness (QED) is 0.620. The molecule has 1 N–H and O–H groups in total. The Morgan fingerprint density at radius 3 is 2.94 bits per heavy atom. The lowest BCUT2D eigenvalue weighted by atomic mass is 10.1. The largest absolute Gasteiger partial charge is 0.507 e. The fourth-order valence-corrected chi connectivity index (χ4v) is 1.71. The van der Waals surface area contributed by atoms with Gasteiger partial charge in [-0.1, -0.05) is 18.2 Å². The Balaban J connectivity index is 2.89. The Bertz CT molecular complexity index is 608. The summed E-state index contributed by atoms with van der Waals surface area (Å²) in [5.41, 5.74) is 1.03. The van der Waals surface area contributed by atoms with Crippen LogP contribution in [0.4, 0.5) is 0 Å². The van der Waals surface area contributed by atoms with Crippen molar-refractivity contribution >= 4 is 11.0 Å². The van der Waals surface area contributed by atoms with E-state index in [9.17, 15) is 9.90 Å². The molecule has 3 heteroatoms. The summed E-state index contributed by atoms with van der Waals surface area (Å²) in [6, 6.07) is 5.38. The fourth-order valence-electron chi connectivity index (χ4n) is 1.71. The zero-order valence-corrected chi connectivity index (χ0v) is 8.99. The monoisotopic (exact) mass is 216 g/mol. The molecule has 0 radical (unpaired) electrons. The molecule has 0 aliphatic carbocycles. The number of fused-ring (bicyclic) bond motifs is 1. The maximum Gasteiger partial charge on any atom is 0.343 e. The van der Waals surface area contributed by atoms with Crippen LogP contribution in [0, 0.1) is 6.92 Å². The average Bonchev–Trinajstić information content (AvgIpc) is 2.26. The zero-order chi connectivity index (χ0) is 11.7. The molecule has 0 bridgehead atoms. The normalized spacial score (nSPS) is 10.6. The standard InChI is InChI=1S/C13H12O3/c1-3-5-10-11(14)9-7-4-6-8(2)12(9)16-13(10)15/h3-4,6-7,14H,1,5H2,2H3. The van der Waals surface area contributed by atoms with Crippen molar-refractivity contribution < 1.29 is 9.52 Å². The van der Waals surface area contributed by atoms with E-state index in [4.69, 9.17) is 4.42 Å². The summed E-state index contributed by atoms with van der Waals surface area (Å²) in [4.78, 5) is 11.6. The van der Waals surface area contributed by atoms with Gasteiger partial charge >= 0.3 is 5.63 Å². The Labute approximate surface area is 92.6 Å². The number of hydrogen-bond donors (Lipinski definition) is 1. The van der Waals surface area contributed by atoms with Crippen molar-refractivity contribution in [1.82, 2.24) is 0 Å².